The highest BCUT2D eigenvalue weighted by molar-refractivity contribution is 7.99. The number of allylic oxidation sites excluding steroid dienone is 2. The Hall–Kier alpha value is -0.440. The summed E-state index contributed by atoms with van der Waals surface area (Å²) in [5.74, 6) is 2.57. The van der Waals surface area contributed by atoms with Gasteiger partial charge in [-0.05, 0) is 37.4 Å². The van der Waals surface area contributed by atoms with E-state index in [4.69, 9.17) is 4.74 Å². The number of hydrogen-bond donors (Lipinski definition) is 0. The maximum Gasteiger partial charge on any atom is 0.310 e. The molecule has 2 aliphatic rings. The lowest BCUT2D eigenvalue weighted by Crippen LogP contribution is -2.20. The molecule has 3 atom stereocenters. The van der Waals surface area contributed by atoms with Gasteiger partial charge in [-0.25, -0.2) is 0 Å². The third kappa shape index (κ3) is 2.70. The molecule has 0 aromatic heterocycles. The second-order valence-corrected chi connectivity index (χ2v) is 7.14. The van der Waals surface area contributed by atoms with Crippen LogP contribution in [0.4, 0.5) is 0 Å². The molecule has 0 unspecified atom stereocenters. The minimum Gasteiger partial charge on any atom is -0.461 e. The van der Waals surface area contributed by atoms with E-state index < -0.39 is 0 Å². The molecule has 0 radical (unpaired) electrons. The van der Waals surface area contributed by atoms with E-state index in [1.54, 1.807) is 0 Å². The largest absolute Gasteiger partial charge is 0.461 e. The molecule has 1 aliphatic carbocycles. The van der Waals surface area contributed by atoms with Gasteiger partial charge in [-0.1, -0.05) is 25.5 Å². The van der Waals surface area contributed by atoms with Crippen molar-refractivity contribution in [3.63, 3.8) is 0 Å². The predicted molar refractivity (Wildman–Crippen MR) is 72.0 cm³/mol. The summed E-state index contributed by atoms with van der Waals surface area (Å²) in [5.41, 5.74) is 1.37. The summed E-state index contributed by atoms with van der Waals surface area (Å²) in [6.07, 6.45) is 3.41. The molecule has 2 nitrogen and oxygen atoms in total. The molecule has 0 N–H and O–H groups in total. The quantitative estimate of drug-likeness (QED) is 0.571. The summed E-state index contributed by atoms with van der Waals surface area (Å²) in [4.78, 5) is 12.1. The molecule has 0 bridgehead atoms. The lowest BCUT2D eigenvalue weighted by Gasteiger charge is -2.11. The van der Waals surface area contributed by atoms with Gasteiger partial charge in [-0.3, -0.25) is 4.79 Å². The number of rotatable bonds is 3. The Bertz CT molecular complexity index is 336. The van der Waals surface area contributed by atoms with Crippen LogP contribution in [0.3, 0.4) is 0 Å². The molecular weight excluding hydrogens is 232 g/mol. The van der Waals surface area contributed by atoms with Crippen LogP contribution in [0, 0.1) is 17.3 Å². The van der Waals surface area contributed by atoms with E-state index in [-0.39, 0.29) is 23.4 Å². The molecular formula is C14H22O2S. The third-order valence-electron chi connectivity index (χ3n) is 3.85. The maximum atomic E-state index is 12.1. The number of hydrogen-bond acceptors (Lipinski definition) is 3. The zero-order valence-corrected chi connectivity index (χ0v) is 12.0. The van der Waals surface area contributed by atoms with Gasteiger partial charge in [-0.2, -0.15) is 11.8 Å². The van der Waals surface area contributed by atoms with Crippen LogP contribution < -0.4 is 0 Å². The highest BCUT2D eigenvalue weighted by Crippen LogP contribution is 2.60. The topological polar surface area (TPSA) is 26.3 Å². The van der Waals surface area contributed by atoms with Gasteiger partial charge >= 0.3 is 5.97 Å². The molecule has 2 fully saturated rings. The highest BCUT2D eigenvalue weighted by Gasteiger charge is 2.61. The molecule has 1 saturated carbocycles. The monoisotopic (exact) mass is 254 g/mol. The van der Waals surface area contributed by atoms with Crippen LogP contribution in [0.5, 0.6) is 0 Å². The molecule has 0 amide bonds. The number of carbonyl (C=O) groups is 1. The second kappa shape index (κ2) is 4.68. The van der Waals surface area contributed by atoms with E-state index in [0.717, 1.165) is 17.9 Å². The van der Waals surface area contributed by atoms with Crippen LogP contribution in [0.25, 0.3) is 0 Å². The van der Waals surface area contributed by atoms with Crippen molar-refractivity contribution in [3.8, 4) is 0 Å². The third-order valence-corrected chi connectivity index (χ3v) is 4.98. The van der Waals surface area contributed by atoms with Crippen molar-refractivity contribution in [2.45, 2.75) is 40.2 Å². The first-order chi connectivity index (χ1) is 7.93. The SMILES string of the molecule is CC(C)=C[C@@H]1[C@H](C(=O)O[C@@H]2CCSC2)C1(C)C. The highest BCUT2D eigenvalue weighted by atomic mass is 32.2. The van der Waals surface area contributed by atoms with Crippen molar-refractivity contribution < 1.29 is 9.53 Å². The van der Waals surface area contributed by atoms with Gasteiger partial charge in [0, 0.05) is 5.75 Å². The maximum absolute atomic E-state index is 12.1. The summed E-state index contributed by atoms with van der Waals surface area (Å²) in [6, 6.07) is 0. The molecule has 3 heteroatoms. The van der Waals surface area contributed by atoms with E-state index in [1.807, 2.05) is 11.8 Å². The molecule has 17 heavy (non-hydrogen) atoms. The van der Waals surface area contributed by atoms with Gasteiger partial charge in [0.15, 0.2) is 0 Å². The summed E-state index contributed by atoms with van der Waals surface area (Å²) >= 11 is 1.88. The zero-order chi connectivity index (χ0) is 12.6. The fourth-order valence-electron chi connectivity index (χ4n) is 2.64. The molecule has 1 heterocycles. The summed E-state index contributed by atoms with van der Waals surface area (Å²) in [6.45, 7) is 8.49. The Morgan fingerprint density at radius 3 is 2.65 bits per heavy atom. The normalized spacial score (nSPS) is 34.2. The van der Waals surface area contributed by atoms with E-state index in [9.17, 15) is 4.79 Å². The van der Waals surface area contributed by atoms with Crippen molar-refractivity contribution in [2.75, 3.05) is 11.5 Å². The smallest absolute Gasteiger partial charge is 0.310 e. The molecule has 0 aromatic carbocycles. The van der Waals surface area contributed by atoms with Gasteiger partial charge in [-0.15, -0.1) is 0 Å². The van der Waals surface area contributed by atoms with Crippen LogP contribution in [-0.4, -0.2) is 23.6 Å². The van der Waals surface area contributed by atoms with Crippen molar-refractivity contribution in [1.29, 1.82) is 0 Å². The lowest BCUT2D eigenvalue weighted by molar-refractivity contribution is -0.150. The molecule has 1 aliphatic heterocycles. The van der Waals surface area contributed by atoms with Gasteiger partial charge in [0.05, 0.1) is 5.92 Å². The summed E-state index contributed by atoms with van der Waals surface area (Å²) < 4.78 is 5.59. The van der Waals surface area contributed by atoms with E-state index in [2.05, 4.69) is 33.8 Å². The van der Waals surface area contributed by atoms with Gasteiger partial charge < -0.3 is 4.74 Å². The second-order valence-electron chi connectivity index (χ2n) is 5.99. The Kier molecular flexibility index (Phi) is 3.58. The van der Waals surface area contributed by atoms with Gasteiger partial charge in [0.2, 0.25) is 0 Å². The van der Waals surface area contributed by atoms with E-state index >= 15 is 0 Å². The standard InChI is InChI=1S/C14H22O2S/c1-9(2)7-11-12(14(11,3)4)13(15)16-10-5-6-17-8-10/h7,10-12H,5-6,8H2,1-4H3/t10-,11-,12-/m1/s1. The fraction of sp³-hybridized carbons (Fsp3) is 0.786. The van der Waals surface area contributed by atoms with Gasteiger partial charge in [0.1, 0.15) is 6.10 Å². The Morgan fingerprint density at radius 2 is 2.12 bits per heavy atom. The van der Waals surface area contributed by atoms with Gasteiger partial charge in [0.25, 0.3) is 0 Å². The van der Waals surface area contributed by atoms with Crippen LogP contribution in [-0.2, 0) is 9.53 Å². The minimum absolute atomic E-state index is 0.0185. The van der Waals surface area contributed by atoms with Crippen molar-refractivity contribution >= 4 is 17.7 Å². The Labute approximate surface area is 108 Å². The fourth-order valence-corrected chi connectivity index (χ4v) is 3.74. The average Bonchev–Trinajstić information content (AvgIpc) is 2.64. The molecule has 0 aromatic rings. The van der Waals surface area contributed by atoms with Crippen molar-refractivity contribution in [2.24, 2.45) is 17.3 Å². The van der Waals surface area contributed by atoms with Crippen molar-refractivity contribution in [1.82, 2.24) is 0 Å². The number of carbonyl (C=O) groups excluding carboxylic acids is 1. The zero-order valence-electron chi connectivity index (χ0n) is 11.2. The van der Waals surface area contributed by atoms with Crippen LogP contribution in [0.1, 0.15) is 34.1 Å². The molecule has 1 saturated heterocycles. The van der Waals surface area contributed by atoms with E-state index in [1.165, 1.54) is 5.57 Å². The van der Waals surface area contributed by atoms with Crippen LogP contribution in [0.2, 0.25) is 0 Å². The molecule has 96 valence electrons. The minimum atomic E-state index is 0.0185. The lowest BCUT2D eigenvalue weighted by atomic mass is 10.1. The van der Waals surface area contributed by atoms with E-state index in [0.29, 0.717) is 5.92 Å². The predicted octanol–water partition coefficient (Wildman–Crippen LogP) is 3.27. The van der Waals surface area contributed by atoms with Crippen LogP contribution in [0.15, 0.2) is 11.6 Å². The van der Waals surface area contributed by atoms with Crippen LogP contribution >= 0.6 is 11.8 Å². The number of thioether (sulfide) groups is 1. The summed E-state index contributed by atoms with van der Waals surface area (Å²) in [5, 5.41) is 0. The summed E-state index contributed by atoms with van der Waals surface area (Å²) in [7, 11) is 0. The average molecular weight is 254 g/mol. The van der Waals surface area contributed by atoms with Crippen molar-refractivity contribution in [3.05, 3.63) is 11.6 Å². The number of ether oxygens (including phenoxy) is 1. The first-order valence-electron chi connectivity index (χ1n) is 6.36. The Balaban J connectivity index is 1.94. The first kappa shape index (κ1) is 13.0. The Morgan fingerprint density at radius 1 is 1.41 bits per heavy atom. The first-order valence-corrected chi connectivity index (χ1v) is 7.51. The molecule has 0 spiro atoms. The number of esters is 1. The molecule has 2 rings (SSSR count).